The summed E-state index contributed by atoms with van der Waals surface area (Å²) in [6, 6.07) is 11.6. The lowest BCUT2D eigenvalue weighted by Crippen LogP contribution is -2.19. The first-order chi connectivity index (χ1) is 16.5. The molecule has 0 spiro atoms. The number of anilines is 1. The van der Waals surface area contributed by atoms with Crippen molar-refractivity contribution in [1.82, 2.24) is 30.7 Å². The molecule has 34 heavy (non-hydrogen) atoms. The Balaban J connectivity index is 1.65. The van der Waals surface area contributed by atoms with Crippen molar-refractivity contribution in [3.8, 4) is 34.3 Å². The van der Waals surface area contributed by atoms with E-state index in [2.05, 4.69) is 35.8 Å². The number of hydrogen-bond donors (Lipinski definition) is 3. The third-order valence-electron chi connectivity index (χ3n) is 4.60. The summed E-state index contributed by atoms with van der Waals surface area (Å²) in [6.07, 6.45) is 1.39. The number of nitrogens with one attached hydrogen (secondary N) is 1. The second-order valence-corrected chi connectivity index (χ2v) is 6.76. The number of phenols is 1. The number of hydrazone groups is 1. The quantitative estimate of drug-likeness (QED) is 0.257. The summed E-state index contributed by atoms with van der Waals surface area (Å²) in [4.78, 5) is 12.9. The average molecular weight is 464 g/mol. The highest BCUT2D eigenvalue weighted by atomic mass is 16.6. The van der Waals surface area contributed by atoms with Gasteiger partial charge in [0.1, 0.15) is 11.4 Å². The van der Waals surface area contributed by atoms with Crippen LogP contribution >= 0.6 is 0 Å². The molecule has 0 fully saturated rings. The zero-order chi connectivity index (χ0) is 24.1. The molecule has 0 unspecified atom stereocenters. The van der Waals surface area contributed by atoms with Crippen LogP contribution in [0.3, 0.4) is 0 Å². The number of hydrogen-bond acceptors (Lipinski definition) is 11. The van der Waals surface area contributed by atoms with Crippen LogP contribution in [0.2, 0.25) is 0 Å². The highest BCUT2D eigenvalue weighted by Gasteiger charge is 2.25. The summed E-state index contributed by atoms with van der Waals surface area (Å²) in [5.41, 5.74) is 9.67. The number of benzene rings is 2. The van der Waals surface area contributed by atoms with Crippen molar-refractivity contribution >= 4 is 17.9 Å². The van der Waals surface area contributed by atoms with E-state index in [0.29, 0.717) is 29.2 Å². The molecule has 174 valence electrons. The predicted molar refractivity (Wildman–Crippen MR) is 120 cm³/mol. The van der Waals surface area contributed by atoms with Gasteiger partial charge in [0.25, 0.3) is 5.91 Å². The van der Waals surface area contributed by atoms with E-state index in [1.807, 2.05) is 6.92 Å². The van der Waals surface area contributed by atoms with Gasteiger partial charge in [0, 0.05) is 5.56 Å². The Labute approximate surface area is 192 Å². The second kappa shape index (κ2) is 9.68. The number of aromatic hydroxyl groups is 1. The van der Waals surface area contributed by atoms with Gasteiger partial charge >= 0.3 is 0 Å². The van der Waals surface area contributed by atoms with Gasteiger partial charge in [0.05, 0.1) is 19.9 Å². The first-order valence-electron chi connectivity index (χ1n) is 9.99. The molecule has 2 aromatic carbocycles. The molecule has 0 bridgehead atoms. The normalized spacial score (nSPS) is 11.0. The molecule has 0 radical (unpaired) electrons. The lowest BCUT2D eigenvalue weighted by Gasteiger charge is -2.07. The van der Waals surface area contributed by atoms with Crippen molar-refractivity contribution < 1.29 is 24.0 Å². The van der Waals surface area contributed by atoms with E-state index >= 15 is 0 Å². The van der Waals surface area contributed by atoms with Gasteiger partial charge in [-0.2, -0.15) is 9.78 Å². The predicted octanol–water partition coefficient (Wildman–Crippen LogP) is 1.78. The zero-order valence-electron chi connectivity index (χ0n) is 18.2. The van der Waals surface area contributed by atoms with Gasteiger partial charge in [0.2, 0.25) is 11.6 Å². The van der Waals surface area contributed by atoms with Crippen molar-refractivity contribution in [3.05, 3.63) is 53.7 Å². The van der Waals surface area contributed by atoms with Crippen LogP contribution in [0.5, 0.6) is 17.2 Å². The Morgan fingerprint density at radius 2 is 2.06 bits per heavy atom. The molecular weight excluding hydrogens is 444 g/mol. The number of carbonyl (C=O) groups excluding carboxylic acids is 1. The summed E-state index contributed by atoms with van der Waals surface area (Å²) in [7, 11) is 1.43. The molecule has 1 amide bonds. The molecule has 4 rings (SSSR count). The van der Waals surface area contributed by atoms with Crippen LogP contribution in [0.1, 0.15) is 23.0 Å². The summed E-state index contributed by atoms with van der Waals surface area (Å²) in [5.74, 6) is 0.343. The van der Waals surface area contributed by atoms with Crippen LogP contribution in [-0.4, -0.2) is 56.3 Å². The van der Waals surface area contributed by atoms with Crippen LogP contribution < -0.4 is 20.6 Å². The maximum atomic E-state index is 12.9. The number of nitrogen functional groups attached to an aromatic ring is 1. The Bertz CT molecular complexity index is 1330. The van der Waals surface area contributed by atoms with Crippen molar-refractivity contribution in [1.29, 1.82) is 0 Å². The van der Waals surface area contributed by atoms with E-state index in [9.17, 15) is 9.90 Å². The van der Waals surface area contributed by atoms with Gasteiger partial charge in [-0.25, -0.2) is 10.1 Å². The molecule has 0 atom stereocenters. The van der Waals surface area contributed by atoms with Crippen molar-refractivity contribution in [2.24, 2.45) is 5.10 Å². The van der Waals surface area contributed by atoms with E-state index < -0.39 is 5.91 Å². The summed E-state index contributed by atoms with van der Waals surface area (Å²) in [6.45, 7) is 2.39. The van der Waals surface area contributed by atoms with Crippen LogP contribution in [-0.2, 0) is 0 Å². The number of carbonyl (C=O) groups is 1. The molecule has 13 heteroatoms. The molecule has 0 aliphatic heterocycles. The molecule has 4 N–H and O–H groups in total. The summed E-state index contributed by atoms with van der Waals surface area (Å²) in [5, 5.41) is 29.0. The van der Waals surface area contributed by atoms with Crippen LogP contribution in [0.25, 0.3) is 17.1 Å². The summed E-state index contributed by atoms with van der Waals surface area (Å²) < 4.78 is 16.5. The Kier molecular flexibility index (Phi) is 6.34. The fraction of sp³-hybridized carbons (Fsp3) is 0.143. The lowest BCUT2D eigenvalue weighted by atomic mass is 10.1. The number of nitrogens with zero attached hydrogens (tertiary/aromatic N) is 6. The van der Waals surface area contributed by atoms with Gasteiger partial charge in [-0.1, -0.05) is 5.21 Å². The fourth-order valence-electron chi connectivity index (χ4n) is 3.05. The van der Waals surface area contributed by atoms with Crippen LogP contribution in [0, 0.1) is 0 Å². The first-order valence-corrected chi connectivity index (χ1v) is 9.99. The highest BCUT2D eigenvalue weighted by Crippen LogP contribution is 2.28. The minimum atomic E-state index is -0.632. The monoisotopic (exact) mass is 464 g/mol. The minimum absolute atomic E-state index is 0.0121. The zero-order valence-corrected chi connectivity index (χ0v) is 18.2. The molecule has 0 saturated heterocycles. The highest BCUT2D eigenvalue weighted by molar-refractivity contribution is 5.98. The molecular formula is C21H20N8O5. The van der Waals surface area contributed by atoms with E-state index in [-0.39, 0.29) is 28.8 Å². The minimum Gasteiger partial charge on any atom is -0.504 e. The molecule has 13 nitrogen and oxygen atoms in total. The Morgan fingerprint density at radius 1 is 1.26 bits per heavy atom. The number of aromatic nitrogens is 5. The standard InChI is InChI=1S/C21H20N8O5/c1-3-33-14-7-5-13(6-8-14)18-17(24-28-29(18)20-19(22)26-34-27-20)21(31)25-23-11-12-4-9-15(30)16(10-12)32-2/h4-11,30H,3H2,1-2H3,(H2,22,26)(H,25,31). The molecule has 0 saturated carbocycles. The van der Waals surface area contributed by atoms with Crippen LogP contribution in [0.15, 0.2) is 52.2 Å². The number of nitrogens with two attached hydrogens (primary N) is 1. The maximum Gasteiger partial charge on any atom is 0.294 e. The fourth-order valence-corrected chi connectivity index (χ4v) is 3.05. The molecule has 4 aromatic rings. The molecule has 2 heterocycles. The number of amides is 1. The van der Waals surface area contributed by atoms with Crippen molar-refractivity contribution in [2.75, 3.05) is 19.5 Å². The van der Waals surface area contributed by atoms with E-state index in [1.165, 1.54) is 24.1 Å². The topological polar surface area (TPSA) is 176 Å². The maximum absolute atomic E-state index is 12.9. The molecule has 0 aliphatic rings. The molecule has 0 aliphatic carbocycles. The van der Waals surface area contributed by atoms with Gasteiger partial charge in [-0.05, 0) is 65.3 Å². The van der Waals surface area contributed by atoms with Crippen LogP contribution in [0.4, 0.5) is 5.82 Å². The van der Waals surface area contributed by atoms with Gasteiger partial charge in [-0.3, -0.25) is 4.79 Å². The number of rotatable bonds is 8. The Morgan fingerprint density at radius 3 is 2.74 bits per heavy atom. The average Bonchev–Trinajstić information content (AvgIpc) is 3.46. The summed E-state index contributed by atoms with van der Waals surface area (Å²) >= 11 is 0. The van der Waals surface area contributed by atoms with Gasteiger partial charge in [0.15, 0.2) is 17.2 Å². The lowest BCUT2D eigenvalue weighted by molar-refractivity contribution is 0.0950. The second-order valence-electron chi connectivity index (χ2n) is 6.76. The third kappa shape index (κ3) is 4.48. The van der Waals surface area contributed by atoms with Gasteiger partial charge < -0.3 is 20.3 Å². The third-order valence-corrected chi connectivity index (χ3v) is 4.60. The Hall–Kier alpha value is -4.94. The number of phenolic OH excluding ortho intramolecular Hbond substituents is 1. The molecule has 2 aromatic heterocycles. The van der Waals surface area contributed by atoms with E-state index in [4.69, 9.17) is 15.2 Å². The number of ether oxygens (including phenoxy) is 2. The SMILES string of the molecule is CCOc1ccc(-c2c(C(=O)NN=Cc3ccc(O)c(OC)c3)nnn2-c2nonc2N)cc1. The first kappa shape index (κ1) is 22.3. The van der Waals surface area contributed by atoms with Crippen molar-refractivity contribution in [3.63, 3.8) is 0 Å². The van der Waals surface area contributed by atoms with Gasteiger partial charge in [-0.15, -0.1) is 5.10 Å². The van der Waals surface area contributed by atoms with Crippen molar-refractivity contribution in [2.45, 2.75) is 6.92 Å². The largest absolute Gasteiger partial charge is 0.504 e. The van der Waals surface area contributed by atoms with E-state index in [1.54, 1.807) is 36.4 Å². The smallest absolute Gasteiger partial charge is 0.294 e. The van der Waals surface area contributed by atoms with E-state index in [0.717, 1.165) is 0 Å². The number of methoxy groups -OCH3 is 1.